The van der Waals surface area contributed by atoms with Crippen molar-refractivity contribution in [3.63, 3.8) is 0 Å². The molecule has 4 atom stereocenters. The number of fused-ring (bicyclic) bond motifs is 3. The van der Waals surface area contributed by atoms with Gasteiger partial charge >= 0.3 is 6.09 Å². The molecule has 0 bridgehead atoms. The fourth-order valence-electron chi connectivity index (χ4n) is 5.39. The molecule has 2 fully saturated rings. The summed E-state index contributed by atoms with van der Waals surface area (Å²) in [6.45, 7) is 4.46. The van der Waals surface area contributed by atoms with Crippen LogP contribution in [-0.2, 0) is 19.1 Å². The number of ether oxygens (including phenoxy) is 2. The summed E-state index contributed by atoms with van der Waals surface area (Å²) >= 11 is 0. The first kappa shape index (κ1) is 22.3. The second-order valence-electron chi connectivity index (χ2n) is 8.75. The molecule has 7 heteroatoms. The SMILES string of the molecule is CCC1=C2[C@@H](CC/C(C)=C/c3ccccc3O)OC[C@@H]2[C@@H]2C(=O)N(C(=O)OC)C(=O)[C@@H]2C1. The number of rotatable bonds is 5. The molecule has 7 nitrogen and oxygen atoms in total. The van der Waals surface area contributed by atoms with Gasteiger partial charge in [0.05, 0.1) is 31.7 Å². The quantitative estimate of drug-likeness (QED) is 0.549. The average molecular weight is 440 g/mol. The highest BCUT2D eigenvalue weighted by atomic mass is 16.5. The molecule has 2 saturated heterocycles. The van der Waals surface area contributed by atoms with Crippen molar-refractivity contribution in [1.82, 2.24) is 4.90 Å². The van der Waals surface area contributed by atoms with E-state index in [-0.39, 0.29) is 17.8 Å². The van der Waals surface area contributed by atoms with Gasteiger partial charge in [-0.2, -0.15) is 4.90 Å². The first-order valence-corrected chi connectivity index (χ1v) is 11.1. The molecule has 0 aromatic heterocycles. The summed E-state index contributed by atoms with van der Waals surface area (Å²) in [5.74, 6) is -1.93. The molecule has 2 heterocycles. The minimum absolute atomic E-state index is 0.112. The standard InChI is InChI=1S/C25H29NO6/c1-4-15-12-17-22(24(29)26(23(17)28)25(30)31-3)18-13-32-20(21(15)18)10-9-14(2)11-16-7-5-6-8-19(16)27/h5-8,11,17-18,20,22,27H,4,9-10,12-13H2,1-3H3/b14-11+/t17-,18+,20-,22-/m1/s1. The van der Waals surface area contributed by atoms with Crippen LogP contribution < -0.4 is 0 Å². The number of methoxy groups -OCH3 is 1. The molecule has 32 heavy (non-hydrogen) atoms. The number of aromatic hydroxyl groups is 1. The number of phenols is 1. The Hall–Kier alpha value is -2.93. The number of para-hydroxylation sites is 1. The van der Waals surface area contributed by atoms with E-state index in [1.54, 1.807) is 12.1 Å². The van der Waals surface area contributed by atoms with Crippen LogP contribution in [-0.4, -0.2) is 47.7 Å². The first-order chi connectivity index (χ1) is 15.4. The second kappa shape index (κ2) is 8.90. The van der Waals surface area contributed by atoms with Gasteiger partial charge in [0.1, 0.15) is 5.75 Å². The molecule has 0 radical (unpaired) electrons. The third-order valence-electron chi connectivity index (χ3n) is 6.93. The van der Waals surface area contributed by atoms with Crippen molar-refractivity contribution >= 4 is 24.0 Å². The first-order valence-electron chi connectivity index (χ1n) is 11.1. The summed E-state index contributed by atoms with van der Waals surface area (Å²) in [5, 5.41) is 10.00. The predicted octanol–water partition coefficient (Wildman–Crippen LogP) is 4.07. The van der Waals surface area contributed by atoms with Gasteiger partial charge in [0.15, 0.2) is 0 Å². The molecule has 1 aromatic carbocycles. The van der Waals surface area contributed by atoms with E-state index in [1.807, 2.05) is 25.1 Å². The Morgan fingerprint density at radius 3 is 2.69 bits per heavy atom. The fourth-order valence-corrected chi connectivity index (χ4v) is 5.39. The Labute approximate surface area is 187 Å². The van der Waals surface area contributed by atoms with E-state index in [2.05, 4.69) is 11.7 Å². The van der Waals surface area contributed by atoms with Crippen molar-refractivity contribution in [3.05, 3.63) is 46.5 Å². The summed E-state index contributed by atoms with van der Waals surface area (Å²) < 4.78 is 10.8. The van der Waals surface area contributed by atoms with E-state index in [1.165, 1.54) is 7.11 Å². The minimum Gasteiger partial charge on any atom is -0.507 e. The number of phenolic OH excluding ortho intramolecular Hbond substituents is 1. The number of hydrogen-bond acceptors (Lipinski definition) is 6. The van der Waals surface area contributed by atoms with E-state index in [4.69, 9.17) is 4.74 Å². The van der Waals surface area contributed by atoms with Crippen LogP contribution in [0, 0.1) is 17.8 Å². The summed E-state index contributed by atoms with van der Waals surface area (Å²) in [4.78, 5) is 38.5. The summed E-state index contributed by atoms with van der Waals surface area (Å²) in [6, 6.07) is 7.21. The highest BCUT2D eigenvalue weighted by molar-refractivity contribution is 6.16. The van der Waals surface area contributed by atoms with Crippen molar-refractivity contribution in [2.24, 2.45) is 17.8 Å². The molecular formula is C25H29NO6. The van der Waals surface area contributed by atoms with E-state index in [0.717, 1.165) is 41.5 Å². The van der Waals surface area contributed by atoms with Gasteiger partial charge < -0.3 is 14.6 Å². The predicted molar refractivity (Wildman–Crippen MR) is 117 cm³/mol. The molecule has 4 rings (SSSR count). The fraction of sp³-hybridized carbons (Fsp3) is 0.480. The third-order valence-corrected chi connectivity index (χ3v) is 6.93. The number of likely N-dealkylation sites (tertiary alicyclic amines) is 1. The lowest BCUT2D eigenvalue weighted by Crippen LogP contribution is -2.38. The highest BCUT2D eigenvalue weighted by Crippen LogP contribution is 2.50. The van der Waals surface area contributed by atoms with Gasteiger partial charge in [0.25, 0.3) is 0 Å². The minimum atomic E-state index is -0.908. The van der Waals surface area contributed by atoms with Gasteiger partial charge in [-0.05, 0) is 44.2 Å². The Morgan fingerprint density at radius 2 is 2.00 bits per heavy atom. The van der Waals surface area contributed by atoms with E-state index >= 15 is 0 Å². The number of carbonyl (C=O) groups excluding carboxylic acids is 3. The number of amides is 3. The number of imide groups is 3. The molecule has 3 amide bonds. The normalized spacial score (nSPS) is 27.6. The molecule has 1 aromatic rings. The van der Waals surface area contributed by atoms with Crippen LogP contribution in [0.15, 0.2) is 41.0 Å². The van der Waals surface area contributed by atoms with Gasteiger partial charge in [-0.3, -0.25) is 9.59 Å². The zero-order chi connectivity index (χ0) is 23.0. The molecule has 1 aliphatic carbocycles. The largest absolute Gasteiger partial charge is 0.507 e. The van der Waals surface area contributed by atoms with Crippen molar-refractivity contribution in [3.8, 4) is 5.75 Å². The average Bonchev–Trinajstić information content (AvgIpc) is 3.31. The monoisotopic (exact) mass is 439 g/mol. The van der Waals surface area contributed by atoms with Gasteiger partial charge in [-0.25, -0.2) is 4.79 Å². The molecule has 170 valence electrons. The van der Waals surface area contributed by atoms with Gasteiger partial charge in [-0.15, -0.1) is 0 Å². The van der Waals surface area contributed by atoms with Crippen molar-refractivity contribution in [2.75, 3.05) is 13.7 Å². The molecular weight excluding hydrogens is 410 g/mol. The van der Waals surface area contributed by atoms with Crippen molar-refractivity contribution in [1.29, 1.82) is 0 Å². The van der Waals surface area contributed by atoms with Crippen LogP contribution in [0.5, 0.6) is 5.75 Å². The molecule has 0 spiro atoms. The maximum Gasteiger partial charge on any atom is 0.423 e. The highest BCUT2D eigenvalue weighted by Gasteiger charge is 2.58. The molecule has 0 unspecified atom stereocenters. The third kappa shape index (κ3) is 3.75. The van der Waals surface area contributed by atoms with Gasteiger partial charge in [0, 0.05) is 11.5 Å². The zero-order valence-corrected chi connectivity index (χ0v) is 18.7. The number of hydrogen-bond donors (Lipinski definition) is 1. The van der Waals surface area contributed by atoms with Crippen LogP contribution in [0.1, 0.15) is 45.1 Å². The Morgan fingerprint density at radius 1 is 1.25 bits per heavy atom. The summed E-state index contributed by atoms with van der Waals surface area (Å²) in [5.41, 5.74) is 4.20. The van der Waals surface area contributed by atoms with Crippen molar-refractivity contribution in [2.45, 2.75) is 45.6 Å². The van der Waals surface area contributed by atoms with Crippen LogP contribution in [0.3, 0.4) is 0 Å². The van der Waals surface area contributed by atoms with E-state index in [9.17, 15) is 19.5 Å². The topological polar surface area (TPSA) is 93.1 Å². The maximum absolute atomic E-state index is 13.0. The summed E-state index contributed by atoms with van der Waals surface area (Å²) in [7, 11) is 1.17. The van der Waals surface area contributed by atoms with Gasteiger partial charge in [-0.1, -0.05) is 42.3 Å². The molecule has 3 aliphatic rings. The van der Waals surface area contributed by atoms with Crippen LogP contribution in [0.4, 0.5) is 4.79 Å². The lowest BCUT2D eigenvalue weighted by atomic mass is 9.69. The van der Waals surface area contributed by atoms with Crippen LogP contribution in [0.25, 0.3) is 6.08 Å². The smallest absolute Gasteiger partial charge is 0.423 e. The number of nitrogens with zero attached hydrogens (tertiary/aromatic N) is 1. The lowest BCUT2D eigenvalue weighted by Gasteiger charge is -2.31. The van der Waals surface area contributed by atoms with Gasteiger partial charge in [0.2, 0.25) is 11.8 Å². The Balaban J connectivity index is 1.53. The van der Waals surface area contributed by atoms with Crippen LogP contribution in [0.2, 0.25) is 0 Å². The maximum atomic E-state index is 13.0. The Kier molecular flexibility index (Phi) is 6.20. The second-order valence-corrected chi connectivity index (χ2v) is 8.75. The zero-order valence-electron chi connectivity index (χ0n) is 18.7. The van der Waals surface area contributed by atoms with E-state index in [0.29, 0.717) is 17.9 Å². The lowest BCUT2D eigenvalue weighted by molar-refractivity contribution is -0.137. The Bertz CT molecular complexity index is 1010. The molecule has 2 aliphatic heterocycles. The number of allylic oxidation sites excluding steroid dienone is 2. The van der Waals surface area contributed by atoms with Crippen molar-refractivity contribution < 1.29 is 29.0 Å². The summed E-state index contributed by atoms with van der Waals surface area (Å²) in [6.07, 6.45) is 3.75. The van der Waals surface area contributed by atoms with E-state index < -0.39 is 29.7 Å². The molecule has 1 N–H and O–H groups in total. The number of benzene rings is 1. The molecule has 0 saturated carbocycles. The number of carbonyl (C=O) groups is 3. The van der Waals surface area contributed by atoms with Crippen LogP contribution >= 0.6 is 0 Å².